The molecule has 2 N–H and O–H groups in total. The molecule has 8 heteroatoms. The van der Waals surface area contributed by atoms with Gasteiger partial charge in [-0.05, 0) is 44.5 Å². The van der Waals surface area contributed by atoms with Crippen LogP contribution in [0.3, 0.4) is 0 Å². The minimum atomic E-state index is 0.0459. The summed E-state index contributed by atoms with van der Waals surface area (Å²) in [4.78, 5) is 17.8. The summed E-state index contributed by atoms with van der Waals surface area (Å²) in [6, 6.07) is 9.94. The first-order valence-electron chi connectivity index (χ1n) is 11.1. The highest BCUT2D eigenvalue weighted by molar-refractivity contribution is 5.79. The summed E-state index contributed by atoms with van der Waals surface area (Å²) in [7, 11) is 1.80. The summed E-state index contributed by atoms with van der Waals surface area (Å²) in [6.07, 6.45) is 4.72. The fraction of sp³-hybridized carbons (Fsp3) is 0.522. The Morgan fingerprint density at radius 1 is 1.10 bits per heavy atom. The summed E-state index contributed by atoms with van der Waals surface area (Å²) in [5.74, 6) is 2.57. The maximum atomic E-state index is 6.02. The van der Waals surface area contributed by atoms with Gasteiger partial charge in [-0.3, -0.25) is 9.89 Å². The molecule has 0 aliphatic carbocycles. The van der Waals surface area contributed by atoms with Crippen LogP contribution in [0.1, 0.15) is 18.9 Å². The summed E-state index contributed by atoms with van der Waals surface area (Å²) in [5, 5.41) is 6.75. The number of nitrogens with one attached hydrogen (secondary N) is 2. The Morgan fingerprint density at radius 3 is 2.55 bits per heavy atom. The maximum absolute atomic E-state index is 6.02. The lowest BCUT2D eigenvalue weighted by atomic mass is 10.2. The van der Waals surface area contributed by atoms with Crippen LogP contribution in [0, 0.1) is 6.92 Å². The number of aliphatic imine (C=N–C) groups is 1. The van der Waals surface area contributed by atoms with Crippen LogP contribution in [0.4, 0.5) is 5.95 Å². The second-order valence-electron chi connectivity index (χ2n) is 7.80. The van der Waals surface area contributed by atoms with Crippen LogP contribution in [0.5, 0.6) is 5.75 Å². The summed E-state index contributed by atoms with van der Waals surface area (Å²) >= 11 is 0. The van der Waals surface area contributed by atoms with Crippen molar-refractivity contribution in [3.05, 3.63) is 48.3 Å². The van der Waals surface area contributed by atoms with Crippen LogP contribution in [-0.4, -0.2) is 79.8 Å². The van der Waals surface area contributed by atoms with Crippen molar-refractivity contribution >= 4 is 11.9 Å². The number of aryl methyl sites for hydroxylation is 1. The maximum Gasteiger partial charge on any atom is 0.225 e. The molecule has 2 heterocycles. The molecule has 3 rings (SSSR count). The van der Waals surface area contributed by atoms with Crippen molar-refractivity contribution < 1.29 is 4.74 Å². The van der Waals surface area contributed by atoms with Crippen molar-refractivity contribution in [3.63, 3.8) is 0 Å². The Bertz CT molecular complexity index is 807. The third-order valence-electron chi connectivity index (χ3n) is 5.35. The van der Waals surface area contributed by atoms with Gasteiger partial charge in [0, 0.05) is 52.2 Å². The SMILES string of the molecule is CN=C(NCCCN1CCN(c2ncccn2)CC1)NCC(C)Oc1ccccc1C. The standard InChI is InChI=1S/C23H35N7O/c1-19-8-4-5-9-21(19)31-20(2)18-28-22(24-3)25-12-7-13-29-14-16-30(17-15-29)23-26-10-6-11-27-23/h4-6,8-11,20H,7,12-18H2,1-3H3,(H2,24,25,28). The van der Waals surface area contributed by atoms with Crippen LogP contribution < -0.4 is 20.3 Å². The molecule has 1 unspecified atom stereocenters. The van der Waals surface area contributed by atoms with Crippen molar-refractivity contribution in [2.24, 2.45) is 4.99 Å². The van der Waals surface area contributed by atoms with Gasteiger partial charge in [-0.2, -0.15) is 0 Å². The molecule has 8 nitrogen and oxygen atoms in total. The normalized spacial score (nSPS) is 16.1. The van der Waals surface area contributed by atoms with Crippen LogP contribution in [-0.2, 0) is 0 Å². The largest absolute Gasteiger partial charge is 0.489 e. The number of para-hydroxylation sites is 1. The van der Waals surface area contributed by atoms with Crippen LogP contribution >= 0.6 is 0 Å². The predicted octanol–water partition coefficient (Wildman–Crippen LogP) is 1.93. The number of aromatic nitrogens is 2. The highest BCUT2D eigenvalue weighted by Gasteiger charge is 2.18. The molecule has 0 bridgehead atoms. The fourth-order valence-corrected chi connectivity index (χ4v) is 3.54. The third kappa shape index (κ3) is 7.40. The minimum absolute atomic E-state index is 0.0459. The summed E-state index contributed by atoms with van der Waals surface area (Å²) in [6.45, 7) is 10.8. The molecule has 168 valence electrons. The van der Waals surface area contributed by atoms with E-state index in [-0.39, 0.29) is 6.10 Å². The molecule has 1 saturated heterocycles. The Balaban J connectivity index is 1.29. The Hall–Kier alpha value is -2.87. The van der Waals surface area contributed by atoms with Crippen LogP contribution in [0.25, 0.3) is 0 Å². The second-order valence-corrected chi connectivity index (χ2v) is 7.80. The molecule has 1 fully saturated rings. The number of hydrogen-bond acceptors (Lipinski definition) is 6. The van der Waals surface area contributed by atoms with Crippen LogP contribution in [0.2, 0.25) is 0 Å². The van der Waals surface area contributed by atoms with Gasteiger partial charge < -0.3 is 20.3 Å². The highest BCUT2D eigenvalue weighted by Crippen LogP contribution is 2.17. The van der Waals surface area contributed by atoms with E-state index in [9.17, 15) is 0 Å². The average Bonchev–Trinajstić information content (AvgIpc) is 2.81. The van der Waals surface area contributed by atoms with E-state index in [0.29, 0.717) is 6.54 Å². The molecule has 0 saturated carbocycles. The van der Waals surface area contributed by atoms with Gasteiger partial charge in [0.1, 0.15) is 11.9 Å². The first-order valence-corrected chi connectivity index (χ1v) is 11.1. The number of anilines is 1. The van der Waals surface area contributed by atoms with Gasteiger partial charge in [0.15, 0.2) is 5.96 Å². The molecular weight excluding hydrogens is 390 g/mol. The van der Waals surface area contributed by atoms with E-state index in [1.807, 2.05) is 24.3 Å². The Morgan fingerprint density at radius 2 is 1.84 bits per heavy atom. The van der Waals surface area contributed by atoms with E-state index < -0.39 is 0 Å². The lowest BCUT2D eigenvalue weighted by Crippen LogP contribution is -2.48. The minimum Gasteiger partial charge on any atom is -0.489 e. The van der Waals surface area contributed by atoms with Crippen molar-refractivity contribution in [3.8, 4) is 5.75 Å². The number of benzene rings is 1. The van der Waals surface area contributed by atoms with Crippen LogP contribution in [0.15, 0.2) is 47.7 Å². The van der Waals surface area contributed by atoms with Crippen molar-refractivity contribution in [1.82, 2.24) is 25.5 Å². The molecule has 2 aromatic rings. The highest BCUT2D eigenvalue weighted by atomic mass is 16.5. The molecule has 1 aliphatic rings. The lowest BCUT2D eigenvalue weighted by Gasteiger charge is -2.34. The van der Waals surface area contributed by atoms with E-state index >= 15 is 0 Å². The quantitative estimate of drug-likeness (QED) is 0.361. The predicted molar refractivity (Wildman–Crippen MR) is 126 cm³/mol. The zero-order valence-electron chi connectivity index (χ0n) is 18.9. The van der Waals surface area contributed by atoms with Crippen molar-refractivity contribution in [2.75, 3.05) is 57.8 Å². The van der Waals surface area contributed by atoms with Gasteiger partial charge in [-0.25, -0.2) is 9.97 Å². The molecule has 1 aromatic carbocycles. The number of guanidine groups is 1. The van der Waals surface area contributed by atoms with Gasteiger partial charge in [-0.15, -0.1) is 0 Å². The molecule has 0 amide bonds. The van der Waals surface area contributed by atoms with Gasteiger partial charge >= 0.3 is 0 Å². The molecule has 0 radical (unpaired) electrons. The van der Waals surface area contributed by atoms with E-state index in [4.69, 9.17) is 4.74 Å². The van der Waals surface area contributed by atoms with Gasteiger partial charge in [0.25, 0.3) is 0 Å². The van der Waals surface area contributed by atoms with Gasteiger partial charge in [0.05, 0.1) is 6.54 Å². The number of nitrogens with zero attached hydrogens (tertiary/aromatic N) is 5. The molecule has 1 aromatic heterocycles. The number of ether oxygens (including phenoxy) is 1. The smallest absolute Gasteiger partial charge is 0.225 e. The van der Waals surface area contributed by atoms with Crippen molar-refractivity contribution in [2.45, 2.75) is 26.4 Å². The van der Waals surface area contributed by atoms with Crippen molar-refractivity contribution in [1.29, 1.82) is 0 Å². The first-order chi connectivity index (χ1) is 15.2. The number of hydrogen-bond donors (Lipinski definition) is 2. The molecule has 1 aliphatic heterocycles. The fourth-order valence-electron chi connectivity index (χ4n) is 3.54. The Kier molecular flexibility index (Phi) is 8.90. The molecule has 1 atom stereocenters. The summed E-state index contributed by atoms with van der Waals surface area (Å²) < 4.78 is 6.02. The molecule has 31 heavy (non-hydrogen) atoms. The zero-order valence-corrected chi connectivity index (χ0v) is 18.9. The Labute approximate surface area is 185 Å². The first kappa shape index (κ1) is 22.8. The van der Waals surface area contributed by atoms with E-state index in [1.165, 1.54) is 0 Å². The average molecular weight is 426 g/mol. The van der Waals surface area contributed by atoms with E-state index in [0.717, 1.165) is 68.9 Å². The monoisotopic (exact) mass is 425 g/mol. The molecule has 0 spiro atoms. The topological polar surface area (TPSA) is 77.9 Å². The summed E-state index contributed by atoms with van der Waals surface area (Å²) in [5.41, 5.74) is 1.15. The third-order valence-corrected chi connectivity index (χ3v) is 5.35. The molecular formula is C23H35N7O. The zero-order chi connectivity index (χ0) is 21.9. The lowest BCUT2D eigenvalue weighted by molar-refractivity contribution is 0.222. The van der Waals surface area contributed by atoms with E-state index in [2.05, 4.69) is 55.3 Å². The van der Waals surface area contributed by atoms with Gasteiger partial charge in [-0.1, -0.05) is 18.2 Å². The second kappa shape index (κ2) is 12.1. The number of piperazine rings is 1. The van der Waals surface area contributed by atoms with E-state index in [1.54, 1.807) is 19.4 Å². The number of rotatable bonds is 9. The van der Waals surface area contributed by atoms with Gasteiger partial charge in [0.2, 0.25) is 5.95 Å².